The molecule has 0 aromatic heterocycles. The van der Waals surface area contributed by atoms with Crippen LogP contribution in [0.1, 0.15) is 381 Å². The van der Waals surface area contributed by atoms with E-state index >= 15 is 0 Å². The molecule has 0 radical (unpaired) electrons. The van der Waals surface area contributed by atoms with E-state index in [0.29, 0.717) is 25.7 Å². The SMILES string of the molecule is CCCCCCCCCCCCCCCCCCC(=O)O[C@H](COC(=O)CCCCCCCCCCCCCCCC)COP(=O)(O)OC[C@@H](O)COP(=O)(O)OC[C@@H](COC(=O)CCCCCCCCCC)OC(=O)CCCCCCCCCCCCCCC. The summed E-state index contributed by atoms with van der Waals surface area (Å²) >= 11 is 0. The van der Waals surface area contributed by atoms with Crippen molar-refractivity contribution in [2.75, 3.05) is 39.6 Å². The van der Waals surface area contributed by atoms with Gasteiger partial charge in [0, 0.05) is 25.7 Å². The van der Waals surface area contributed by atoms with Gasteiger partial charge in [0.25, 0.3) is 0 Å². The van der Waals surface area contributed by atoms with Crippen molar-refractivity contribution in [2.24, 2.45) is 0 Å². The van der Waals surface area contributed by atoms with Crippen LogP contribution in [-0.4, -0.2) is 96.7 Å². The summed E-state index contributed by atoms with van der Waals surface area (Å²) in [7, 11) is -9.90. The molecule has 5 atom stereocenters. The second-order valence-corrected chi connectivity index (χ2v) is 28.9. The summed E-state index contributed by atoms with van der Waals surface area (Å²) in [6.45, 7) is 4.95. The number of phosphoric ester groups is 2. The standard InChI is InChI=1S/C72H140O17P2/c1-5-9-13-17-21-25-28-31-33-34-37-40-43-47-51-55-59-72(77)89-68(63-83-70(75)57-53-49-45-41-38-36-32-29-26-22-18-14-10-6-2)65-87-91(80,81)85-61-66(73)60-84-90(78,79)86-64-67(62-82-69(74)56-52-48-44-24-20-16-12-8-4)88-71(76)58-54-50-46-42-39-35-30-27-23-19-15-11-7-3/h66-68,73H,5-65H2,1-4H3,(H,78,79)(H,80,81)/t66-,67+,68+/m0/s1. The van der Waals surface area contributed by atoms with E-state index in [1.165, 1.54) is 212 Å². The van der Waals surface area contributed by atoms with Crippen LogP contribution in [0.4, 0.5) is 0 Å². The number of unbranched alkanes of at least 4 members (excludes halogenated alkanes) is 47. The van der Waals surface area contributed by atoms with Crippen LogP contribution in [-0.2, 0) is 65.4 Å². The van der Waals surface area contributed by atoms with Crippen molar-refractivity contribution in [2.45, 2.75) is 399 Å². The highest BCUT2D eigenvalue weighted by Crippen LogP contribution is 2.45. The Morgan fingerprint density at radius 2 is 0.440 bits per heavy atom. The van der Waals surface area contributed by atoms with Crippen molar-refractivity contribution in [3.63, 3.8) is 0 Å². The number of ether oxygens (including phenoxy) is 4. The predicted octanol–water partition coefficient (Wildman–Crippen LogP) is 21.1. The first-order valence-electron chi connectivity index (χ1n) is 37.8. The molecule has 540 valence electrons. The maximum absolute atomic E-state index is 13.0. The Bertz CT molecular complexity index is 1740. The topological polar surface area (TPSA) is 237 Å². The van der Waals surface area contributed by atoms with Crippen molar-refractivity contribution in [3.8, 4) is 0 Å². The van der Waals surface area contributed by atoms with Crippen LogP contribution < -0.4 is 0 Å². The van der Waals surface area contributed by atoms with Crippen LogP contribution in [0.3, 0.4) is 0 Å². The largest absolute Gasteiger partial charge is 0.472 e. The van der Waals surface area contributed by atoms with Crippen LogP contribution in [0.15, 0.2) is 0 Å². The fourth-order valence-electron chi connectivity index (χ4n) is 11.0. The molecule has 0 rings (SSSR count). The van der Waals surface area contributed by atoms with Crippen LogP contribution in [0, 0.1) is 0 Å². The van der Waals surface area contributed by atoms with Gasteiger partial charge in [-0.2, -0.15) is 0 Å². The number of carbonyl (C=O) groups is 4. The molecule has 0 fully saturated rings. The van der Waals surface area contributed by atoms with Gasteiger partial charge in [0.2, 0.25) is 0 Å². The fraction of sp³-hybridized carbons (Fsp3) is 0.944. The molecule has 0 aromatic carbocycles. The highest BCUT2D eigenvalue weighted by molar-refractivity contribution is 7.47. The summed E-state index contributed by atoms with van der Waals surface area (Å²) in [5, 5.41) is 10.6. The van der Waals surface area contributed by atoms with Crippen molar-refractivity contribution in [3.05, 3.63) is 0 Å². The highest BCUT2D eigenvalue weighted by Gasteiger charge is 2.30. The smallest absolute Gasteiger partial charge is 0.462 e. The lowest BCUT2D eigenvalue weighted by Crippen LogP contribution is -2.30. The Kier molecular flexibility index (Phi) is 65.2. The Balaban J connectivity index is 5.22. The first-order valence-corrected chi connectivity index (χ1v) is 40.8. The molecule has 19 heteroatoms. The number of esters is 4. The summed E-state index contributed by atoms with van der Waals surface area (Å²) in [5.41, 5.74) is 0. The molecule has 0 aromatic rings. The molecule has 91 heavy (non-hydrogen) atoms. The minimum atomic E-state index is -4.95. The Morgan fingerprint density at radius 3 is 0.648 bits per heavy atom. The number of aliphatic hydroxyl groups is 1. The van der Waals surface area contributed by atoms with Gasteiger partial charge in [0.05, 0.1) is 26.4 Å². The van der Waals surface area contributed by atoms with Crippen molar-refractivity contribution >= 4 is 39.5 Å². The predicted molar refractivity (Wildman–Crippen MR) is 368 cm³/mol. The number of aliphatic hydroxyl groups excluding tert-OH is 1. The lowest BCUT2D eigenvalue weighted by Gasteiger charge is -2.21. The molecule has 0 spiro atoms. The molecule has 17 nitrogen and oxygen atoms in total. The molecule has 0 saturated heterocycles. The van der Waals surface area contributed by atoms with Crippen LogP contribution in [0.25, 0.3) is 0 Å². The first-order chi connectivity index (χ1) is 44.2. The molecule has 0 aliphatic heterocycles. The molecule has 0 aliphatic rings. The van der Waals surface area contributed by atoms with Gasteiger partial charge in [-0.3, -0.25) is 37.3 Å². The monoisotopic (exact) mass is 1340 g/mol. The lowest BCUT2D eigenvalue weighted by atomic mass is 10.0. The van der Waals surface area contributed by atoms with E-state index in [-0.39, 0.29) is 25.7 Å². The molecule has 0 bridgehead atoms. The lowest BCUT2D eigenvalue weighted by molar-refractivity contribution is -0.161. The Labute approximate surface area is 556 Å². The number of hydrogen-bond acceptors (Lipinski definition) is 15. The number of carbonyl (C=O) groups excluding carboxylic acids is 4. The quantitative estimate of drug-likeness (QED) is 0.0222. The van der Waals surface area contributed by atoms with Gasteiger partial charge in [-0.15, -0.1) is 0 Å². The minimum Gasteiger partial charge on any atom is -0.462 e. The second kappa shape index (κ2) is 66.7. The van der Waals surface area contributed by atoms with Gasteiger partial charge in [0.1, 0.15) is 19.3 Å². The third-order valence-electron chi connectivity index (χ3n) is 16.9. The fourth-order valence-corrected chi connectivity index (χ4v) is 12.6. The van der Waals surface area contributed by atoms with E-state index in [2.05, 4.69) is 27.7 Å². The molecule has 3 N–H and O–H groups in total. The van der Waals surface area contributed by atoms with Gasteiger partial charge < -0.3 is 33.8 Å². The maximum atomic E-state index is 13.0. The van der Waals surface area contributed by atoms with Crippen LogP contribution in [0.2, 0.25) is 0 Å². The highest BCUT2D eigenvalue weighted by atomic mass is 31.2. The summed E-state index contributed by atoms with van der Waals surface area (Å²) < 4.78 is 68.3. The molecule has 0 heterocycles. The van der Waals surface area contributed by atoms with Crippen molar-refractivity contribution in [1.82, 2.24) is 0 Å². The van der Waals surface area contributed by atoms with Gasteiger partial charge >= 0.3 is 39.5 Å². The van der Waals surface area contributed by atoms with Crippen molar-refractivity contribution in [1.29, 1.82) is 0 Å². The van der Waals surface area contributed by atoms with E-state index in [1.807, 2.05) is 0 Å². The van der Waals surface area contributed by atoms with Gasteiger partial charge in [-0.05, 0) is 25.7 Å². The maximum Gasteiger partial charge on any atom is 0.472 e. The number of rotatable bonds is 73. The summed E-state index contributed by atoms with van der Waals surface area (Å²) in [6.07, 6.45) is 55.4. The van der Waals surface area contributed by atoms with Crippen LogP contribution in [0.5, 0.6) is 0 Å². The summed E-state index contributed by atoms with van der Waals surface area (Å²) in [4.78, 5) is 72.6. The molecule has 0 saturated carbocycles. The zero-order chi connectivity index (χ0) is 66.8. The number of phosphoric acid groups is 2. The average molecular weight is 1340 g/mol. The second-order valence-electron chi connectivity index (χ2n) is 26.0. The van der Waals surface area contributed by atoms with E-state index < -0.39 is 97.5 Å². The first kappa shape index (κ1) is 89.1. The minimum absolute atomic E-state index is 0.108. The summed E-state index contributed by atoms with van der Waals surface area (Å²) in [6, 6.07) is 0. The third-order valence-corrected chi connectivity index (χ3v) is 18.8. The molecular weight excluding hydrogens is 1200 g/mol. The third kappa shape index (κ3) is 66.5. The summed E-state index contributed by atoms with van der Waals surface area (Å²) in [5.74, 6) is -2.12. The molecule has 0 amide bonds. The van der Waals surface area contributed by atoms with E-state index in [4.69, 9.17) is 37.0 Å². The van der Waals surface area contributed by atoms with E-state index in [1.54, 1.807) is 0 Å². The zero-order valence-electron chi connectivity index (χ0n) is 58.8. The molecule has 2 unspecified atom stereocenters. The van der Waals surface area contributed by atoms with Gasteiger partial charge in [0.15, 0.2) is 12.2 Å². The Morgan fingerprint density at radius 1 is 0.264 bits per heavy atom. The van der Waals surface area contributed by atoms with E-state index in [9.17, 15) is 43.2 Å². The van der Waals surface area contributed by atoms with Crippen molar-refractivity contribution < 1.29 is 80.2 Å². The zero-order valence-corrected chi connectivity index (χ0v) is 60.6. The van der Waals surface area contributed by atoms with Gasteiger partial charge in [-0.1, -0.05) is 329 Å². The molecular formula is C72H140O17P2. The van der Waals surface area contributed by atoms with Gasteiger partial charge in [-0.25, -0.2) is 9.13 Å². The Hall–Kier alpha value is -1.94. The normalized spacial score (nSPS) is 14.0. The average Bonchev–Trinajstić information content (AvgIpc) is 3.71. The number of hydrogen-bond donors (Lipinski definition) is 3. The van der Waals surface area contributed by atoms with E-state index in [0.717, 1.165) is 89.9 Å². The van der Waals surface area contributed by atoms with Crippen LogP contribution >= 0.6 is 15.6 Å². The molecule has 0 aliphatic carbocycles.